The lowest BCUT2D eigenvalue weighted by molar-refractivity contribution is -0.120. The van der Waals surface area contributed by atoms with Crippen LogP contribution in [0.15, 0.2) is 18.2 Å². The third-order valence-corrected chi connectivity index (χ3v) is 2.84. The van der Waals surface area contributed by atoms with Crippen molar-refractivity contribution < 1.29 is 14.0 Å². The van der Waals surface area contributed by atoms with Gasteiger partial charge in [-0.1, -0.05) is 11.8 Å². The lowest BCUT2D eigenvalue weighted by atomic mass is 10.1. The zero-order valence-corrected chi connectivity index (χ0v) is 12.1. The van der Waals surface area contributed by atoms with E-state index >= 15 is 0 Å². The first-order valence-corrected chi connectivity index (χ1v) is 6.44. The van der Waals surface area contributed by atoms with Crippen molar-refractivity contribution in [2.45, 2.75) is 6.42 Å². The molecule has 2 amide bonds. The second-order valence-electron chi connectivity index (χ2n) is 4.35. The van der Waals surface area contributed by atoms with Gasteiger partial charge in [0.2, 0.25) is 5.91 Å². The summed E-state index contributed by atoms with van der Waals surface area (Å²) in [6, 6.07) is 3.82. The number of nitrogens with two attached hydrogens (primary N) is 1. The summed E-state index contributed by atoms with van der Waals surface area (Å²) in [6.45, 7) is 0.385. The van der Waals surface area contributed by atoms with Gasteiger partial charge in [-0.2, -0.15) is 0 Å². The number of carbonyl (C=O) groups excluding carboxylic acids is 2. The average Bonchev–Trinajstić information content (AvgIpc) is 2.50. The van der Waals surface area contributed by atoms with E-state index in [9.17, 15) is 14.0 Å². The molecule has 0 aromatic heterocycles. The van der Waals surface area contributed by atoms with Gasteiger partial charge in [0.1, 0.15) is 5.82 Å². The number of carbonyl (C=O) groups is 2. The summed E-state index contributed by atoms with van der Waals surface area (Å²) in [5, 5.41) is 2.47. The maximum absolute atomic E-state index is 13.4. The van der Waals surface area contributed by atoms with Crippen LogP contribution in [-0.4, -0.2) is 43.9 Å². The summed E-state index contributed by atoms with van der Waals surface area (Å²) < 4.78 is 13.4. The summed E-state index contributed by atoms with van der Waals surface area (Å²) in [7, 11) is 3.08. The Kier molecular flexibility index (Phi) is 6.37. The third-order valence-electron chi connectivity index (χ3n) is 2.84. The van der Waals surface area contributed by atoms with Gasteiger partial charge >= 0.3 is 0 Å². The van der Waals surface area contributed by atoms with Crippen LogP contribution in [0.5, 0.6) is 0 Å². The van der Waals surface area contributed by atoms with Gasteiger partial charge in [0, 0.05) is 32.6 Å². The highest BCUT2D eigenvalue weighted by Gasteiger charge is 2.16. The van der Waals surface area contributed by atoms with Crippen molar-refractivity contribution in [2.24, 2.45) is 5.73 Å². The molecule has 1 aromatic carbocycles. The number of hydrogen-bond acceptors (Lipinski definition) is 3. The fourth-order valence-electron chi connectivity index (χ4n) is 1.65. The maximum Gasteiger partial charge on any atom is 0.254 e. The van der Waals surface area contributed by atoms with E-state index < -0.39 is 5.82 Å². The molecule has 0 unspecified atom stereocenters. The Balaban J connectivity index is 2.94. The molecule has 1 aromatic rings. The normalized spacial score (nSPS) is 9.52. The van der Waals surface area contributed by atoms with Crippen LogP contribution in [0.25, 0.3) is 0 Å². The van der Waals surface area contributed by atoms with Crippen LogP contribution in [0, 0.1) is 17.7 Å². The molecule has 0 aliphatic rings. The maximum atomic E-state index is 13.4. The van der Waals surface area contributed by atoms with Gasteiger partial charge in [-0.15, -0.1) is 0 Å². The number of rotatable bonds is 4. The van der Waals surface area contributed by atoms with Crippen LogP contribution in [-0.2, 0) is 4.79 Å². The summed E-state index contributed by atoms with van der Waals surface area (Å²) in [5.41, 5.74) is 5.88. The highest BCUT2D eigenvalue weighted by molar-refractivity contribution is 5.96. The first-order chi connectivity index (χ1) is 9.99. The summed E-state index contributed by atoms with van der Waals surface area (Å²) in [5.74, 6) is 4.31. The van der Waals surface area contributed by atoms with E-state index in [1.54, 1.807) is 7.05 Å². The van der Waals surface area contributed by atoms with Crippen LogP contribution in [0.1, 0.15) is 22.3 Å². The Hall–Kier alpha value is -2.39. The van der Waals surface area contributed by atoms with E-state index in [0.717, 1.165) is 6.07 Å². The lowest BCUT2D eigenvalue weighted by Crippen LogP contribution is -2.31. The zero-order valence-electron chi connectivity index (χ0n) is 12.1. The topological polar surface area (TPSA) is 75.4 Å². The van der Waals surface area contributed by atoms with Gasteiger partial charge in [-0.3, -0.25) is 9.59 Å². The first-order valence-electron chi connectivity index (χ1n) is 6.44. The molecule has 0 spiro atoms. The minimum atomic E-state index is -0.517. The fraction of sp³-hybridized carbons (Fsp3) is 0.333. The van der Waals surface area contributed by atoms with Gasteiger partial charge in [0.05, 0.1) is 12.1 Å². The molecule has 0 heterocycles. The molecule has 0 aliphatic carbocycles. The molecular formula is C15H18FN3O2. The van der Waals surface area contributed by atoms with E-state index in [1.807, 2.05) is 0 Å². The Morgan fingerprint density at radius 1 is 1.43 bits per heavy atom. The molecule has 0 aliphatic heterocycles. The molecule has 0 saturated carbocycles. The lowest BCUT2D eigenvalue weighted by Gasteiger charge is -2.17. The SMILES string of the molecule is CNC(=O)CCN(C)C(=O)c1cc(F)ccc1C#CCN. The van der Waals surface area contributed by atoms with E-state index in [0.29, 0.717) is 5.56 Å². The Morgan fingerprint density at radius 3 is 2.76 bits per heavy atom. The van der Waals surface area contributed by atoms with Crippen molar-refractivity contribution in [3.8, 4) is 11.8 Å². The van der Waals surface area contributed by atoms with E-state index in [2.05, 4.69) is 17.2 Å². The molecule has 1 rings (SSSR count). The van der Waals surface area contributed by atoms with Crippen molar-refractivity contribution in [2.75, 3.05) is 27.2 Å². The number of amides is 2. The van der Waals surface area contributed by atoms with Crippen molar-refractivity contribution >= 4 is 11.8 Å². The average molecular weight is 291 g/mol. The van der Waals surface area contributed by atoms with Crippen LogP contribution in [0.2, 0.25) is 0 Å². The predicted octanol–water partition coefficient (Wildman–Crippen LogP) is 0.344. The molecule has 0 saturated heterocycles. The summed E-state index contributed by atoms with van der Waals surface area (Å²) in [4.78, 5) is 24.9. The molecule has 5 nitrogen and oxygen atoms in total. The molecule has 112 valence electrons. The summed E-state index contributed by atoms with van der Waals surface area (Å²) in [6.07, 6.45) is 0.178. The molecule has 3 N–H and O–H groups in total. The van der Waals surface area contributed by atoms with Gasteiger partial charge < -0.3 is 16.0 Å². The number of nitrogens with one attached hydrogen (secondary N) is 1. The highest BCUT2D eigenvalue weighted by atomic mass is 19.1. The van der Waals surface area contributed by atoms with Crippen molar-refractivity contribution in [3.05, 3.63) is 35.1 Å². The second-order valence-corrected chi connectivity index (χ2v) is 4.35. The van der Waals surface area contributed by atoms with E-state index in [-0.39, 0.29) is 36.9 Å². The zero-order chi connectivity index (χ0) is 15.8. The van der Waals surface area contributed by atoms with Gasteiger partial charge in [-0.25, -0.2) is 4.39 Å². The van der Waals surface area contributed by atoms with Crippen molar-refractivity contribution in [1.82, 2.24) is 10.2 Å². The smallest absolute Gasteiger partial charge is 0.254 e. The molecule has 0 bridgehead atoms. The molecule has 0 atom stereocenters. The minimum absolute atomic E-state index is 0.150. The van der Waals surface area contributed by atoms with Crippen LogP contribution >= 0.6 is 0 Å². The van der Waals surface area contributed by atoms with Crippen molar-refractivity contribution in [3.63, 3.8) is 0 Å². The van der Waals surface area contributed by atoms with Gasteiger partial charge in [0.15, 0.2) is 0 Å². The van der Waals surface area contributed by atoms with Crippen LogP contribution in [0.3, 0.4) is 0 Å². The minimum Gasteiger partial charge on any atom is -0.359 e. The quantitative estimate of drug-likeness (QED) is 0.786. The van der Waals surface area contributed by atoms with E-state index in [1.165, 1.54) is 24.1 Å². The number of benzene rings is 1. The fourth-order valence-corrected chi connectivity index (χ4v) is 1.65. The van der Waals surface area contributed by atoms with Crippen molar-refractivity contribution in [1.29, 1.82) is 0 Å². The first kappa shape index (κ1) is 16.7. The monoisotopic (exact) mass is 291 g/mol. The Bertz CT molecular complexity index is 590. The highest BCUT2D eigenvalue weighted by Crippen LogP contribution is 2.13. The standard InChI is InChI=1S/C15H18FN3O2/c1-18-14(20)7-9-19(2)15(21)13-10-12(16)6-5-11(13)4-3-8-17/h5-6,10H,7-9,17H2,1-2H3,(H,18,20). The third kappa shape index (κ3) is 4.89. The number of halogens is 1. The molecule has 0 radical (unpaired) electrons. The second kappa shape index (κ2) is 8.02. The number of hydrogen-bond donors (Lipinski definition) is 2. The largest absolute Gasteiger partial charge is 0.359 e. The van der Waals surface area contributed by atoms with Gasteiger partial charge in [-0.05, 0) is 18.2 Å². The van der Waals surface area contributed by atoms with E-state index in [4.69, 9.17) is 5.73 Å². The molecular weight excluding hydrogens is 273 g/mol. The van der Waals surface area contributed by atoms with Crippen LogP contribution in [0.4, 0.5) is 4.39 Å². The molecule has 0 fully saturated rings. The Labute approximate surface area is 123 Å². The molecule has 21 heavy (non-hydrogen) atoms. The van der Waals surface area contributed by atoms with Gasteiger partial charge in [0.25, 0.3) is 5.91 Å². The molecule has 6 heteroatoms. The Morgan fingerprint density at radius 2 is 2.14 bits per heavy atom. The number of nitrogens with zero attached hydrogens (tertiary/aromatic N) is 1. The summed E-state index contributed by atoms with van der Waals surface area (Å²) >= 11 is 0. The van der Waals surface area contributed by atoms with Crippen LogP contribution < -0.4 is 11.1 Å². The predicted molar refractivity (Wildman–Crippen MR) is 78.0 cm³/mol.